The molecule has 0 saturated carbocycles. The molecule has 0 atom stereocenters. The highest BCUT2D eigenvalue weighted by atomic mass is 19.2. The zero-order valence-electron chi connectivity index (χ0n) is 10.2. The highest BCUT2D eigenvalue weighted by Crippen LogP contribution is 2.29. The van der Waals surface area contributed by atoms with Crippen LogP contribution in [0.5, 0.6) is 5.75 Å². The van der Waals surface area contributed by atoms with E-state index in [1.807, 2.05) is 20.8 Å². The second-order valence-corrected chi connectivity index (χ2v) is 4.75. The van der Waals surface area contributed by atoms with Crippen molar-refractivity contribution in [1.82, 2.24) is 0 Å². The van der Waals surface area contributed by atoms with E-state index < -0.39 is 11.6 Å². The topological polar surface area (TPSA) is 9.23 Å². The largest absolute Gasteiger partial charge is 0.494 e. The molecule has 1 nitrogen and oxygen atoms in total. The van der Waals surface area contributed by atoms with E-state index in [2.05, 4.69) is 0 Å². The summed E-state index contributed by atoms with van der Waals surface area (Å²) in [5.74, 6) is -1.73. The second-order valence-electron chi connectivity index (χ2n) is 4.75. The van der Waals surface area contributed by atoms with Crippen molar-refractivity contribution in [3.05, 3.63) is 29.3 Å². The molecule has 0 aliphatic carbocycles. The van der Waals surface area contributed by atoms with Crippen molar-refractivity contribution in [2.24, 2.45) is 5.41 Å². The summed E-state index contributed by atoms with van der Waals surface area (Å²) >= 11 is 0. The number of halogens is 2. The molecule has 0 spiro atoms. The lowest BCUT2D eigenvalue weighted by atomic mass is 9.83. The van der Waals surface area contributed by atoms with Crippen LogP contribution in [-0.4, -0.2) is 7.11 Å². The smallest absolute Gasteiger partial charge is 0.200 e. The number of hydrogen-bond donors (Lipinski definition) is 0. The predicted molar refractivity (Wildman–Crippen MR) is 60.7 cm³/mol. The fourth-order valence-electron chi connectivity index (χ4n) is 1.51. The van der Waals surface area contributed by atoms with E-state index in [9.17, 15) is 8.78 Å². The van der Waals surface area contributed by atoms with Crippen molar-refractivity contribution in [2.75, 3.05) is 7.11 Å². The van der Waals surface area contributed by atoms with Gasteiger partial charge < -0.3 is 4.74 Å². The summed E-state index contributed by atoms with van der Waals surface area (Å²) in [6, 6.07) is 3.06. The molecular formula is C13H18F2O. The normalized spacial score (nSPS) is 11.6. The number of methoxy groups -OCH3 is 1. The maximum Gasteiger partial charge on any atom is 0.200 e. The van der Waals surface area contributed by atoms with Gasteiger partial charge in [-0.05, 0) is 23.5 Å². The Balaban J connectivity index is 3.04. The van der Waals surface area contributed by atoms with Crippen LogP contribution in [-0.2, 0) is 6.42 Å². The Morgan fingerprint density at radius 1 is 1.19 bits per heavy atom. The van der Waals surface area contributed by atoms with Crippen LogP contribution in [0.3, 0.4) is 0 Å². The van der Waals surface area contributed by atoms with Gasteiger partial charge in [0, 0.05) is 0 Å². The van der Waals surface area contributed by atoms with Crippen molar-refractivity contribution >= 4 is 0 Å². The fraction of sp³-hybridized carbons (Fsp3) is 0.538. The molecule has 0 aliphatic heterocycles. The molecule has 1 aromatic rings. The molecule has 1 aromatic carbocycles. The summed E-state index contributed by atoms with van der Waals surface area (Å²) in [7, 11) is 1.33. The maximum absolute atomic E-state index is 13.7. The standard InChI is InChI=1S/C13H18F2O/c1-5-13(2,3)8-9-6-7-10(16-4)12(15)11(9)14/h6-7H,5,8H2,1-4H3. The molecule has 1 rings (SSSR count). The third-order valence-electron chi connectivity index (χ3n) is 2.97. The highest BCUT2D eigenvalue weighted by molar-refractivity contribution is 5.31. The zero-order chi connectivity index (χ0) is 12.3. The van der Waals surface area contributed by atoms with Crippen LogP contribution in [0.25, 0.3) is 0 Å². The van der Waals surface area contributed by atoms with Gasteiger partial charge in [0.1, 0.15) is 0 Å². The summed E-state index contributed by atoms with van der Waals surface area (Å²) in [4.78, 5) is 0. The van der Waals surface area contributed by atoms with Gasteiger partial charge in [0.2, 0.25) is 5.82 Å². The summed E-state index contributed by atoms with van der Waals surface area (Å²) < 4.78 is 31.8. The van der Waals surface area contributed by atoms with Crippen LogP contribution in [0.15, 0.2) is 12.1 Å². The van der Waals surface area contributed by atoms with E-state index in [-0.39, 0.29) is 11.2 Å². The van der Waals surface area contributed by atoms with Crippen LogP contribution < -0.4 is 4.74 Å². The Kier molecular flexibility index (Phi) is 3.89. The Labute approximate surface area is 95.4 Å². The summed E-state index contributed by atoms with van der Waals surface area (Å²) in [5, 5.41) is 0. The number of ether oxygens (including phenoxy) is 1. The Hall–Kier alpha value is -1.12. The third kappa shape index (κ3) is 2.71. The van der Waals surface area contributed by atoms with E-state index in [0.29, 0.717) is 12.0 Å². The van der Waals surface area contributed by atoms with Crippen LogP contribution in [0.2, 0.25) is 0 Å². The van der Waals surface area contributed by atoms with E-state index in [1.54, 1.807) is 6.07 Å². The van der Waals surface area contributed by atoms with E-state index in [1.165, 1.54) is 13.2 Å². The van der Waals surface area contributed by atoms with Gasteiger partial charge in [-0.3, -0.25) is 0 Å². The number of benzene rings is 1. The molecule has 0 fully saturated rings. The second kappa shape index (κ2) is 4.81. The summed E-state index contributed by atoms with van der Waals surface area (Å²) in [6.45, 7) is 6.11. The third-order valence-corrected chi connectivity index (χ3v) is 2.97. The number of rotatable bonds is 4. The van der Waals surface area contributed by atoms with Gasteiger partial charge in [-0.1, -0.05) is 33.3 Å². The first-order valence-electron chi connectivity index (χ1n) is 5.42. The van der Waals surface area contributed by atoms with E-state index in [4.69, 9.17) is 4.74 Å². The Morgan fingerprint density at radius 3 is 2.31 bits per heavy atom. The van der Waals surface area contributed by atoms with Gasteiger partial charge in [-0.2, -0.15) is 4.39 Å². The first-order valence-corrected chi connectivity index (χ1v) is 5.42. The number of hydrogen-bond acceptors (Lipinski definition) is 1. The molecule has 0 aromatic heterocycles. The fourth-order valence-corrected chi connectivity index (χ4v) is 1.51. The molecule has 90 valence electrons. The van der Waals surface area contributed by atoms with Crippen molar-refractivity contribution in [3.63, 3.8) is 0 Å². The summed E-state index contributed by atoms with van der Waals surface area (Å²) in [6.07, 6.45) is 1.44. The highest BCUT2D eigenvalue weighted by Gasteiger charge is 2.21. The first-order chi connectivity index (χ1) is 7.41. The van der Waals surface area contributed by atoms with Crippen molar-refractivity contribution in [2.45, 2.75) is 33.6 Å². The van der Waals surface area contributed by atoms with Gasteiger partial charge in [-0.25, -0.2) is 4.39 Å². The minimum atomic E-state index is -0.896. The average Bonchev–Trinajstić information content (AvgIpc) is 2.25. The van der Waals surface area contributed by atoms with Gasteiger partial charge in [0.25, 0.3) is 0 Å². The van der Waals surface area contributed by atoms with Gasteiger partial charge in [-0.15, -0.1) is 0 Å². The molecule has 0 N–H and O–H groups in total. The SMILES string of the molecule is CCC(C)(C)Cc1ccc(OC)c(F)c1F. The lowest BCUT2D eigenvalue weighted by molar-refractivity contribution is 0.334. The maximum atomic E-state index is 13.7. The average molecular weight is 228 g/mol. The lowest BCUT2D eigenvalue weighted by Gasteiger charge is -2.23. The van der Waals surface area contributed by atoms with Crippen molar-refractivity contribution in [1.29, 1.82) is 0 Å². The molecule has 0 saturated heterocycles. The zero-order valence-corrected chi connectivity index (χ0v) is 10.2. The Morgan fingerprint density at radius 2 is 1.81 bits per heavy atom. The molecule has 3 heteroatoms. The molecule has 0 aliphatic rings. The van der Waals surface area contributed by atoms with Crippen LogP contribution in [0.4, 0.5) is 8.78 Å². The van der Waals surface area contributed by atoms with Crippen LogP contribution in [0.1, 0.15) is 32.8 Å². The van der Waals surface area contributed by atoms with E-state index >= 15 is 0 Å². The minimum Gasteiger partial charge on any atom is -0.494 e. The summed E-state index contributed by atoms with van der Waals surface area (Å²) in [5.41, 5.74) is 0.382. The molecule has 0 bridgehead atoms. The molecular weight excluding hydrogens is 210 g/mol. The molecule has 0 amide bonds. The first kappa shape index (κ1) is 12.9. The van der Waals surface area contributed by atoms with Gasteiger partial charge >= 0.3 is 0 Å². The Bertz CT molecular complexity index is 372. The van der Waals surface area contributed by atoms with Crippen LogP contribution >= 0.6 is 0 Å². The quantitative estimate of drug-likeness (QED) is 0.758. The van der Waals surface area contributed by atoms with Gasteiger partial charge in [0.15, 0.2) is 11.6 Å². The lowest BCUT2D eigenvalue weighted by Crippen LogP contribution is -2.15. The molecule has 16 heavy (non-hydrogen) atoms. The predicted octanol–water partition coefficient (Wildman–Crippen LogP) is 3.95. The molecule has 0 unspecified atom stereocenters. The van der Waals surface area contributed by atoms with Crippen LogP contribution in [0, 0.1) is 17.0 Å². The molecule has 0 heterocycles. The van der Waals surface area contributed by atoms with Crippen molar-refractivity contribution in [3.8, 4) is 5.75 Å². The minimum absolute atomic E-state index is 0.0259. The van der Waals surface area contributed by atoms with Gasteiger partial charge in [0.05, 0.1) is 7.11 Å². The van der Waals surface area contributed by atoms with Crippen molar-refractivity contribution < 1.29 is 13.5 Å². The monoisotopic (exact) mass is 228 g/mol. The van der Waals surface area contributed by atoms with E-state index in [0.717, 1.165) is 6.42 Å². The molecule has 0 radical (unpaired) electrons.